The van der Waals surface area contributed by atoms with Crippen molar-refractivity contribution >= 4 is 45.8 Å². The molecule has 2 aromatic heterocycles. The number of ether oxygens (including phenoxy) is 3. The first-order valence-corrected chi connectivity index (χ1v) is 20.5. The van der Waals surface area contributed by atoms with Gasteiger partial charge in [0.25, 0.3) is 0 Å². The molecule has 5 aromatic rings. The summed E-state index contributed by atoms with van der Waals surface area (Å²) in [4.78, 5) is 72.0. The number of imidazole rings is 2. The Morgan fingerprint density at radius 1 is 0.780 bits per heavy atom. The Kier molecular flexibility index (Phi) is 12.5. The zero-order chi connectivity index (χ0) is 41.8. The minimum Gasteiger partial charge on any atom is -0.453 e. The predicted octanol–water partition coefficient (Wildman–Crippen LogP) is 6.88. The first kappa shape index (κ1) is 41.2. The van der Waals surface area contributed by atoms with E-state index in [2.05, 4.69) is 63.1 Å². The number of nitrogens with zero attached hydrogens (tertiary/aromatic N) is 4. The number of H-pyrrole nitrogens is 2. The molecule has 0 saturated carbocycles. The van der Waals surface area contributed by atoms with Crippen LogP contribution >= 0.6 is 0 Å². The molecule has 2 fully saturated rings. The molecule has 7 rings (SSSR count). The van der Waals surface area contributed by atoms with Gasteiger partial charge in [-0.25, -0.2) is 19.6 Å². The standard InChI is InChI=1S/C44H54N8O7/c1-7-25(3)37(49-43(55)57-5)41(53)51-17-9-10-35(51)39-45-23-34(48-39)31-14-13-27-20-28(11-12-29(27)21-31)30-15-16-32-33(22-30)47-40(46-32)36-24-59-19-18-52(36)42(54)38(26(4)8-2)50-44(56)58-6/h11-16,20-23,25-26,35-38H,7-10,17-19,24H2,1-6H3,(H,45,48)(H,46,47)(H,49,55)(H,50,56)/t25-,26-,35+,36+,37+,38+/m1/s1. The lowest BCUT2D eigenvalue weighted by Crippen LogP contribution is -2.55. The number of benzene rings is 3. The summed E-state index contributed by atoms with van der Waals surface area (Å²) in [5, 5.41) is 7.63. The topological polar surface area (TPSA) is 184 Å². The maximum atomic E-state index is 13.9. The van der Waals surface area contributed by atoms with Gasteiger partial charge >= 0.3 is 12.2 Å². The third kappa shape index (κ3) is 8.61. The first-order valence-electron chi connectivity index (χ1n) is 20.5. The molecule has 0 aliphatic carbocycles. The molecule has 4 amide bonds. The highest BCUT2D eigenvalue weighted by molar-refractivity contribution is 5.92. The molecule has 312 valence electrons. The molecule has 4 heterocycles. The van der Waals surface area contributed by atoms with Gasteiger partial charge < -0.3 is 44.6 Å². The summed E-state index contributed by atoms with van der Waals surface area (Å²) in [7, 11) is 2.59. The molecule has 15 nitrogen and oxygen atoms in total. The van der Waals surface area contributed by atoms with Crippen molar-refractivity contribution in [2.24, 2.45) is 11.8 Å². The first-order chi connectivity index (χ1) is 28.5. The van der Waals surface area contributed by atoms with Crippen LogP contribution in [0, 0.1) is 11.8 Å². The van der Waals surface area contributed by atoms with Crippen LogP contribution in [-0.4, -0.2) is 106 Å². The number of nitrogens with one attached hydrogen (secondary N) is 4. The normalized spacial score (nSPS) is 18.9. The predicted molar refractivity (Wildman–Crippen MR) is 223 cm³/mol. The van der Waals surface area contributed by atoms with E-state index in [4.69, 9.17) is 24.2 Å². The van der Waals surface area contributed by atoms with E-state index in [-0.39, 0.29) is 36.3 Å². The monoisotopic (exact) mass is 806 g/mol. The van der Waals surface area contributed by atoms with E-state index in [1.54, 1.807) is 4.90 Å². The third-order valence-electron chi connectivity index (χ3n) is 12.0. The highest BCUT2D eigenvalue weighted by Gasteiger charge is 2.39. The molecule has 4 N–H and O–H groups in total. The number of carbonyl (C=O) groups excluding carboxylic acids is 4. The third-order valence-corrected chi connectivity index (χ3v) is 12.0. The van der Waals surface area contributed by atoms with Crippen molar-refractivity contribution in [3.05, 3.63) is 72.4 Å². The molecular formula is C44H54N8O7. The van der Waals surface area contributed by atoms with Gasteiger partial charge in [-0.1, -0.05) is 70.9 Å². The summed E-state index contributed by atoms with van der Waals surface area (Å²) in [6.45, 7) is 9.51. The molecule has 0 unspecified atom stereocenters. The Labute approximate surface area is 343 Å². The number of hydrogen-bond acceptors (Lipinski definition) is 9. The molecular weight excluding hydrogens is 753 g/mol. The second-order valence-electron chi connectivity index (χ2n) is 15.6. The minimum absolute atomic E-state index is 0.0613. The molecule has 2 saturated heterocycles. The van der Waals surface area contributed by atoms with Gasteiger partial charge in [0, 0.05) is 18.7 Å². The second-order valence-corrected chi connectivity index (χ2v) is 15.6. The smallest absolute Gasteiger partial charge is 0.407 e. The van der Waals surface area contributed by atoms with Gasteiger partial charge in [0.2, 0.25) is 11.8 Å². The van der Waals surface area contributed by atoms with Crippen LogP contribution in [0.5, 0.6) is 0 Å². The van der Waals surface area contributed by atoms with E-state index in [1.807, 2.05) is 50.9 Å². The van der Waals surface area contributed by atoms with Gasteiger partial charge in [-0.3, -0.25) is 9.59 Å². The van der Waals surface area contributed by atoms with Crippen molar-refractivity contribution in [3.63, 3.8) is 0 Å². The minimum atomic E-state index is -0.739. The highest BCUT2D eigenvalue weighted by atomic mass is 16.5. The van der Waals surface area contributed by atoms with Crippen LogP contribution in [0.3, 0.4) is 0 Å². The molecule has 3 aromatic carbocycles. The van der Waals surface area contributed by atoms with E-state index < -0.39 is 30.3 Å². The van der Waals surface area contributed by atoms with E-state index in [9.17, 15) is 19.2 Å². The van der Waals surface area contributed by atoms with E-state index in [0.29, 0.717) is 31.9 Å². The lowest BCUT2D eigenvalue weighted by Gasteiger charge is -2.37. The quantitative estimate of drug-likeness (QED) is 0.104. The number of carbonyl (C=O) groups is 4. The summed E-state index contributed by atoms with van der Waals surface area (Å²) >= 11 is 0. The van der Waals surface area contributed by atoms with Gasteiger partial charge in [-0.05, 0) is 70.8 Å². The van der Waals surface area contributed by atoms with Crippen molar-refractivity contribution in [3.8, 4) is 22.4 Å². The highest BCUT2D eigenvalue weighted by Crippen LogP contribution is 2.35. The number of amides is 4. The molecule has 6 atom stereocenters. The summed E-state index contributed by atoms with van der Waals surface area (Å²) in [5.41, 5.74) is 5.50. The fourth-order valence-corrected chi connectivity index (χ4v) is 8.12. The van der Waals surface area contributed by atoms with Crippen LogP contribution in [0.1, 0.15) is 77.1 Å². The number of alkyl carbamates (subject to hydrolysis) is 2. The van der Waals surface area contributed by atoms with E-state index in [1.165, 1.54) is 14.2 Å². The molecule has 15 heteroatoms. The maximum absolute atomic E-state index is 13.9. The van der Waals surface area contributed by atoms with Crippen LogP contribution in [-0.2, 0) is 23.8 Å². The maximum Gasteiger partial charge on any atom is 0.407 e. The van der Waals surface area contributed by atoms with Gasteiger partial charge in [-0.15, -0.1) is 0 Å². The molecule has 0 spiro atoms. The molecule has 0 radical (unpaired) electrons. The van der Waals surface area contributed by atoms with Crippen LogP contribution in [0.15, 0.2) is 60.8 Å². The number of fused-ring (bicyclic) bond motifs is 2. The number of aromatic nitrogens is 4. The van der Waals surface area contributed by atoms with Crippen LogP contribution in [0.4, 0.5) is 9.59 Å². The number of hydrogen-bond donors (Lipinski definition) is 4. The van der Waals surface area contributed by atoms with Crippen molar-refractivity contribution < 1.29 is 33.4 Å². The Bertz CT molecular complexity index is 2320. The molecule has 2 aliphatic heterocycles. The second kappa shape index (κ2) is 17.9. The van der Waals surface area contributed by atoms with Gasteiger partial charge in [-0.2, -0.15) is 0 Å². The SMILES string of the molecule is CC[C@@H](C)[C@H](NC(=O)OC)C(=O)N1CCC[C@H]1c1ncc(-c2ccc3cc(-c4ccc5nc([C@@H]6COCCN6C(=O)[C@@H](NC(=O)OC)[C@H](C)CC)[nH]c5c4)ccc3c2)[nH]1. The lowest BCUT2D eigenvalue weighted by molar-refractivity contribution is -0.144. The molecule has 0 bridgehead atoms. The largest absolute Gasteiger partial charge is 0.453 e. The number of likely N-dealkylation sites (tertiary alicyclic amines) is 1. The average molecular weight is 807 g/mol. The van der Waals surface area contributed by atoms with E-state index >= 15 is 0 Å². The Balaban J connectivity index is 1.08. The number of morpholine rings is 1. The van der Waals surface area contributed by atoms with E-state index in [0.717, 1.165) is 69.3 Å². The van der Waals surface area contributed by atoms with Crippen molar-refractivity contribution in [1.29, 1.82) is 0 Å². The Morgan fingerprint density at radius 3 is 2.02 bits per heavy atom. The lowest BCUT2D eigenvalue weighted by atomic mass is 9.97. The van der Waals surface area contributed by atoms with Crippen molar-refractivity contribution in [1.82, 2.24) is 40.4 Å². The Hall–Kier alpha value is -5.96. The zero-order valence-electron chi connectivity index (χ0n) is 34.5. The van der Waals surface area contributed by atoms with Gasteiger partial charge in [0.05, 0.1) is 56.4 Å². The van der Waals surface area contributed by atoms with Crippen LogP contribution in [0.2, 0.25) is 0 Å². The molecule has 2 aliphatic rings. The van der Waals surface area contributed by atoms with Crippen molar-refractivity contribution in [2.45, 2.75) is 77.5 Å². The van der Waals surface area contributed by atoms with Crippen molar-refractivity contribution in [2.75, 3.05) is 40.5 Å². The van der Waals surface area contributed by atoms with Gasteiger partial charge in [0.1, 0.15) is 29.8 Å². The van der Waals surface area contributed by atoms with Crippen LogP contribution in [0.25, 0.3) is 44.2 Å². The summed E-state index contributed by atoms with van der Waals surface area (Å²) in [6, 6.07) is 16.6. The van der Waals surface area contributed by atoms with Gasteiger partial charge in [0.15, 0.2) is 0 Å². The van der Waals surface area contributed by atoms with Crippen LogP contribution < -0.4 is 10.6 Å². The fourth-order valence-electron chi connectivity index (χ4n) is 8.12. The molecule has 59 heavy (non-hydrogen) atoms. The summed E-state index contributed by atoms with van der Waals surface area (Å²) < 4.78 is 15.5. The zero-order valence-corrected chi connectivity index (χ0v) is 34.5. The summed E-state index contributed by atoms with van der Waals surface area (Å²) in [5.74, 6) is 0.861. The number of aromatic amines is 2. The number of rotatable bonds is 12. The average Bonchev–Trinajstić information content (AvgIpc) is 4.06. The Morgan fingerprint density at radius 2 is 1.37 bits per heavy atom. The fraction of sp³-hybridized carbons (Fsp3) is 0.455. The summed E-state index contributed by atoms with van der Waals surface area (Å²) in [6.07, 6.45) is 3.61. The number of methoxy groups -OCH3 is 2.